The van der Waals surface area contributed by atoms with Crippen LogP contribution < -0.4 is 0 Å². The molecular formula is C91H142O17P2. The standard InChI is InChI=1S/C91H142O17P2/c1-5-9-13-17-21-25-29-33-37-41-42-46-48-52-56-60-64-68-72-76-89(94)102-82-87(108-91(96)78-74-70-66-62-58-54-50-45-40-36-32-28-24-20-16-12-8-4)84-106-110(99,100)104-80-85(92)79-103-109(97,98)105-83-86(107-90(95)77-73-69-65-61-57-53-49-44-39-35-31-27-23-19-15-11-7-3)81-101-88(93)75-71-67-63-59-55-51-47-43-38-34-30-26-22-18-14-10-6-2/h10-12,14-16,21-28,33-40,42,46-47,49-51,53-54,59,61-63,65-66,85-87,92H,5-9,13,17-20,29-32,41,43-45,48,52,55-58,60,64,67-84H2,1-4H3,(H,97,98)(H,99,100)/b14-10-,15-11-,16-12-,25-21-,26-22-,27-23-,28-24-,37-33-,38-34-,39-35-,40-36-,46-42-,51-47-,53-49-,54-50-,63-59-,65-61-,66-62-. The minimum absolute atomic E-state index is 0.00136. The summed E-state index contributed by atoms with van der Waals surface area (Å²) in [6.07, 6.45) is 102. The van der Waals surface area contributed by atoms with Gasteiger partial charge in [0.1, 0.15) is 19.3 Å². The van der Waals surface area contributed by atoms with E-state index < -0.39 is 97.5 Å². The van der Waals surface area contributed by atoms with Gasteiger partial charge in [-0.05, 0) is 180 Å². The van der Waals surface area contributed by atoms with Crippen LogP contribution in [0.4, 0.5) is 0 Å². The van der Waals surface area contributed by atoms with Gasteiger partial charge in [0.15, 0.2) is 12.2 Å². The minimum Gasteiger partial charge on any atom is -0.462 e. The first-order valence-electron chi connectivity index (χ1n) is 41.0. The van der Waals surface area contributed by atoms with Crippen molar-refractivity contribution in [3.8, 4) is 0 Å². The second kappa shape index (κ2) is 80.4. The van der Waals surface area contributed by atoms with Gasteiger partial charge >= 0.3 is 39.5 Å². The van der Waals surface area contributed by atoms with Crippen molar-refractivity contribution in [2.75, 3.05) is 39.6 Å². The summed E-state index contributed by atoms with van der Waals surface area (Å²) in [5.41, 5.74) is 0. The second-order valence-corrected chi connectivity index (χ2v) is 29.1. The maximum Gasteiger partial charge on any atom is 0.472 e. The molecular weight excluding hydrogens is 1430 g/mol. The number of phosphoric acid groups is 2. The number of phosphoric ester groups is 2. The number of carbonyl (C=O) groups excluding carboxylic acids is 4. The van der Waals surface area contributed by atoms with E-state index in [1.807, 2.05) is 36.5 Å². The van der Waals surface area contributed by atoms with E-state index in [4.69, 9.17) is 37.0 Å². The fourth-order valence-electron chi connectivity index (χ4n) is 9.80. The van der Waals surface area contributed by atoms with Crippen molar-refractivity contribution >= 4 is 39.5 Å². The first-order chi connectivity index (χ1) is 53.7. The molecule has 19 heteroatoms. The summed E-state index contributed by atoms with van der Waals surface area (Å²) in [6.45, 7) is 4.26. The number of unbranched alkanes of at least 4 members (excludes halogenated alkanes) is 12. The smallest absolute Gasteiger partial charge is 0.462 e. The minimum atomic E-state index is -5.03. The lowest BCUT2D eigenvalue weighted by molar-refractivity contribution is -0.161. The van der Waals surface area contributed by atoms with Crippen LogP contribution in [0.5, 0.6) is 0 Å². The fraction of sp³-hybridized carbons (Fsp3) is 0.560. The lowest BCUT2D eigenvalue weighted by Gasteiger charge is -2.21. The Kier molecular flexibility index (Phi) is 75.6. The van der Waals surface area contributed by atoms with Gasteiger partial charge in [0, 0.05) is 25.7 Å². The van der Waals surface area contributed by atoms with Crippen molar-refractivity contribution in [2.24, 2.45) is 0 Å². The summed E-state index contributed by atoms with van der Waals surface area (Å²) in [4.78, 5) is 73.1. The average Bonchev–Trinajstić information content (AvgIpc) is 0.904. The van der Waals surface area contributed by atoms with E-state index in [0.29, 0.717) is 44.9 Å². The highest BCUT2D eigenvalue weighted by atomic mass is 31.2. The Morgan fingerprint density at radius 3 is 0.764 bits per heavy atom. The molecule has 618 valence electrons. The zero-order valence-electron chi connectivity index (χ0n) is 67.6. The molecule has 0 fully saturated rings. The molecule has 0 aromatic carbocycles. The molecule has 0 radical (unpaired) electrons. The molecule has 0 amide bonds. The molecule has 0 rings (SSSR count). The summed E-state index contributed by atoms with van der Waals surface area (Å²) in [7, 11) is -10.0. The quantitative estimate of drug-likeness (QED) is 0.0169. The molecule has 0 saturated carbocycles. The maximum atomic E-state index is 13.1. The van der Waals surface area contributed by atoms with Crippen molar-refractivity contribution in [3.05, 3.63) is 219 Å². The van der Waals surface area contributed by atoms with Gasteiger partial charge in [0.25, 0.3) is 0 Å². The number of hydrogen-bond acceptors (Lipinski definition) is 15. The number of aliphatic hydroxyl groups excluding tert-OH is 1. The van der Waals surface area contributed by atoms with E-state index in [9.17, 15) is 43.2 Å². The van der Waals surface area contributed by atoms with Crippen LogP contribution in [-0.2, 0) is 65.4 Å². The Hall–Kier alpha value is -6.62. The molecule has 3 N–H and O–H groups in total. The van der Waals surface area contributed by atoms with Crippen LogP contribution in [0.1, 0.15) is 272 Å². The third-order valence-electron chi connectivity index (χ3n) is 15.9. The lowest BCUT2D eigenvalue weighted by atomic mass is 10.1. The third-order valence-corrected chi connectivity index (χ3v) is 17.8. The normalized spacial score (nSPS) is 14.9. The fourth-order valence-corrected chi connectivity index (χ4v) is 11.4. The highest BCUT2D eigenvalue weighted by Crippen LogP contribution is 2.45. The Morgan fingerprint density at radius 2 is 0.482 bits per heavy atom. The van der Waals surface area contributed by atoms with Gasteiger partial charge < -0.3 is 33.8 Å². The molecule has 0 bridgehead atoms. The number of hydrogen-bond donors (Lipinski definition) is 3. The Bertz CT molecular complexity index is 2950. The first-order valence-corrected chi connectivity index (χ1v) is 44.0. The first kappa shape index (κ1) is 103. The molecule has 0 aliphatic rings. The van der Waals surface area contributed by atoms with E-state index in [-0.39, 0.29) is 25.7 Å². The monoisotopic (exact) mass is 1570 g/mol. The summed E-state index contributed by atoms with van der Waals surface area (Å²) in [5.74, 6) is -2.42. The van der Waals surface area contributed by atoms with Gasteiger partial charge in [0.2, 0.25) is 0 Å². The third kappa shape index (κ3) is 79.5. The summed E-state index contributed by atoms with van der Waals surface area (Å²) in [6, 6.07) is 0. The van der Waals surface area contributed by atoms with Crippen molar-refractivity contribution in [1.29, 1.82) is 0 Å². The van der Waals surface area contributed by atoms with Crippen LogP contribution in [0.25, 0.3) is 0 Å². The molecule has 0 aromatic rings. The highest BCUT2D eigenvalue weighted by molar-refractivity contribution is 7.47. The zero-order chi connectivity index (χ0) is 80.3. The highest BCUT2D eigenvalue weighted by Gasteiger charge is 2.30. The van der Waals surface area contributed by atoms with Crippen LogP contribution in [0.15, 0.2) is 219 Å². The van der Waals surface area contributed by atoms with Gasteiger partial charge in [-0.2, -0.15) is 0 Å². The van der Waals surface area contributed by atoms with Crippen molar-refractivity contribution in [2.45, 2.75) is 290 Å². The summed E-state index contributed by atoms with van der Waals surface area (Å²) >= 11 is 0. The van der Waals surface area contributed by atoms with Crippen LogP contribution in [0.2, 0.25) is 0 Å². The van der Waals surface area contributed by atoms with E-state index in [0.717, 1.165) is 154 Å². The average molecular weight is 1570 g/mol. The van der Waals surface area contributed by atoms with E-state index in [1.54, 1.807) is 0 Å². The molecule has 0 aliphatic heterocycles. The second-order valence-electron chi connectivity index (χ2n) is 26.2. The largest absolute Gasteiger partial charge is 0.472 e. The maximum absolute atomic E-state index is 13.1. The molecule has 0 aliphatic carbocycles. The van der Waals surface area contributed by atoms with Gasteiger partial charge in [-0.15, -0.1) is 0 Å². The molecule has 0 heterocycles. The number of ether oxygens (including phenoxy) is 4. The molecule has 0 aromatic heterocycles. The van der Waals surface area contributed by atoms with Gasteiger partial charge in [-0.25, -0.2) is 9.13 Å². The van der Waals surface area contributed by atoms with Crippen molar-refractivity contribution in [1.82, 2.24) is 0 Å². The predicted molar refractivity (Wildman–Crippen MR) is 454 cm³/mol. The van der Waals surface area contributed by atoms with Gasteiger partial charge in [-0.1, -0.05) is 285 Å². The summed E-state index contributed by atoms with van der Waals surface area (Å²) in [5, 5.41) is 10.7. The summed E-state index contributed by atoms with van der Waals surface area (Å²) < 4.78 is 68.5. The van der Waals surface area contributed by atoms with Crippen LogP contribution in [-0.4, -0.2) is 96.7 Å². The van der Waals surface area contributed by atoms with Gasteiger partial charge in [0.05, 0.1) is 26.4 Å². The van der Waals surface area contributed by atoms with E-state index >= 15 is 0 Å². The van der Waals surface area contributed by atoms with E-state index in [2.05, 4.69) is 210 Å². The number of aliphatic hydroxyl groups is 1. The number of allylic oxidation sites excluding steroid dienone is 36. The predicted octanol–water partition coefficient (Wildman–Crippen LogP) is 24.4. The Balaban J connectivity index is 5.57. The molecule has 0 spiro atoms. The van der Waals surface area contributed by atoms with Crippen molar-refractivity contribution < 1.29 is 80.2 Å². The topological polar surface area (TPSA) is 237 Å². The molecule has 17 nitrogen and oxygen atoms in total. The van der Waals surface area contributed by atoms with Crippen molar-refractivity contribution in [3.63, 3.8) is 0 Å². The van der Waals surface area contributed by atoms with Crippen LogP contribution in [0.3, 0.4) is 0 Å². The molecule has 5 unspecified atom stereocenters. The lowest BCUT2D eigenvalue weighted by Crippen LogP contribution is -2.30. The van der Waals surface area contributed by atoms with Crippen LogP contribution >= 0.6 is 15.6 Å². The zero-order valence-corrected chi connectivity index (χ0v) is 69.4. The SMILES string of the molecule is CC/C=C\C/C=C\C/C=C\C/C=C\C/C=C\CCCC(=O)OCC(COP(=O)(O)OCC(O)COP(=O)(O)OCC(COC(=O)CCCCCCCC/C=C\C/C=C\C/C=C\CCCCC)OC(=O)CCC/C=C\C/C=C\C/C=C\C/C=C\C/C=C\CC)OC(=O)CCC/C=C\C/C=C\C/C=C\C/C=C\C/C=C\CC. The van der Waals surface area contributed by atoms with Crippen LogP contribution in [0, 0.1) is 0 Å². The Labute approximate surface area is 664 Å². The number of esters is 4. The van der Waals surface area contributed by atoms with E-state index in [1.165, 1.54) is 19.3 Å². The molecule has 110 heavy (non-hydrogen) atoms. The number of rotatable bonds is 74. The molecule has 5 atom stereocenters. The molecule has 0 saturated heterocycles. The number of carbonyl (C=O) groups is 4. The Morgan fingerprint density at radius 1 is 0.264 bits per heavy atom. The van der Waals surface area contributed by atoms with Gasteiger partial charge in [-0.3, -0.25) is 37.3 Å².